The summed E-state index contributed by atoms with van der Waals surface area (Å²) in [5.74, 6) is 0.726. The lowest BCUT2D eigenvalue weighted by molar-refractivity contribution is -0.137. The fourth-order valence-electron chi connectivity index (χ4n) is 3.64. The van der Waals surface area contributed by atoms with Crippen LogP contribution in [0.25, 0.3) is 0 Å². The van der Waals surface area contributed by atoms with Crippen molar-refractivity contribution < 1.29 is 4.79 Å². The highest BCUT2D eigenvalue weighted by molar-refractivity contribution is 5.79. The molecule has 1 amide bonds. The van der Waals surface area contributed by atoms with E-state index in [0.717, 1.165) is 32.2 Å². The van der Waals surface area contributed by atoms with Crippen LogP contribution < -0.4 is 0 Å². The van der Waals surface area contributed by atoms with Gasteiger partial charge < -0.3 is 4.90 Å². The highest BCUT2D eigenvalue weighted by atomic mass is 16.2. The lowest BCUT2D eigenvalue weighted by Crippen LogP contribution is -2.36. The Morgan fingerprint density at radius 3 is 2.42 bits per heavy atom. The molecule has 0 N–H and O–H groups in total. The molecule has 0 bridgehead atoms. The molecule has 1 unspecified atom stereocenters. The minimum Gasteiger partial charge on any atom is -0.335 e. The van der Waals surface area contributed by atoms with E-state index in [1.54, 1.807) is 0 Å². The molecule has 102 valence electrons. The number of likely N-dealkylation sites (tertiary alicyclic amines) is 1. The average Bonchev–Trinajstić information content (AvgIpc) is 2.98. The predicted octanol–water partition coefficient (Wildman–Crippen LogP) is 3.93. The van der Waals surface area contributed by atoms with E-state index in [4.69, 9.17) is 0 Å². The van der Waals surface area contributed by atoms with Gasteiger partial charge >= 0.3 is 0 Å². The Morgan fingerprint density at radius 2 is 1.68 bits per heavy atom. The van der Waals surface area contributed by atoms with Crippen molar-refractivity contribution in [3.05, 3.63) is 35.9 Å². The van der Waals surface area contributed by atoms with Crippen LogP contribution in [0, 0.1) is 5.92 Å². The summed E-state index contributed by atoms with van der Waals surface area (Å²) in [5, 5.41) is 0. The number of amides is 1. The van der Waals surface area contributed by atoms with Crippen molar-refractivity contribution in [1.29, 1.82) is 0 Å². The Hall–Kier alpha value is -1.31. The second kappa shape index (κ2) is 5.77. The van der Waals surface area contributed by atoms with E-state index >= 15 is 0 Å². The van der Waals surface area contributed by atoms with Crippen LogP contribution in [-0.2, 0) is 4.79 Å². The first-order valence-electron chi connectivity index (χ1n) is 7.71. The number of carbonyl (C=O) groups is 1. The Morgan fingerprint density at radius 1 is 0.947 bits per heavy atom. The second-order valence-corrected chi connectivity index (χ2v) is 5.94. The van der Waals surface area contributed by atoms with Crippen LogP contribution in [0.2, 0.25) is 0 Å². The molecule has 0 radical (unpaired) electrons. The molecule has 19 heavy (non-hydrogen) atoms. The highest BCUT2D eigenvalue weighted by Gasteiger charge is 2.34. The first-order chi connectivity index (χ1) is 9.36. The van der Waals surface area contributed by atoms with Gasteiger partial charge in [0.05, 0.1) is 6.04 Å². The third kappa shape index (κ3) is 2.68. The van der Waals surface area contributed by atoms with E-state index in [9.17, 15) is 4.79 Å². The average molecular weight is 257 g/mol. The zero-order chi connectivity index (χ0) is 13.1. The summed E-state index contributed by atoms with van der Waals surface area (Å²) >= 11 is 0. The largest absolute Gasteiger partial charge is 0.335 e. The molecule has 1 saturated carbocycles. The fraction of sp³-hybridized carbons (Fsp3) is 0.588. The molecule has 2 aliphatic rings. The van der Waals surface area contributed by atoms with Gasteiger partial charge in [-0.25, -0.2) is 0 Å². The number of carbonyl (C=O) groups excluding carboxylic acids is 1. The Labute approximate surface area is 115 Å². The van der Waals surface area contributed by atoms with E-state index in [0.29, 0.717) is 17.9 Å². The molecule has 1 aromatic carbocycles. The summed E-state index contributed by atoms with van der Waals surface area (Å²) in [6.07, 6.45) is 8.28. The summed E-state index contributed by atoms with van der Waals surface area (Å²) in [6, 6.07) is 10.9. The molecule has 1 aliphatic carbocycles. The number of hydrogen-bond acceptors (Lipinski definition) is 1. The summed E-state index contributed by atoms with van der Waals surface area (Å²) in [6.45, 7) is 0.953. The monoisotopic (exact) mass is 257 g/mol. The van der Waals surface area contributed by atoms with Gasteiger partial charge in [0.15, 0.2) is 0 Å². The number of benzene rings is 1. The molecule has 0 aromatic heterocycles. The van der Waals surface area contributed by atoms with E-state index in [2.05, 4.69) is 29.2 Å². The molecule has 1 aromatic rings. The second-order valence-electron chi connectivity index (χ2n) is 5.94. The lowest BCUT2D eigenvalue weighted by atomic mass is 9.88. The highest BCUT2D eigenvalue weighted by Crippen LogP contribution is 2.35. The van der Waals surface area contributed by atoms with E-state index in [-0.39, 0.29) is 0 Å². The zero-order valence-electron chi connectivity index (χ0n) is 11.6. The van der Waals surface area contributed by atoms with Gasteiger partial charge in [-0.05, 0) is 31.2 Å². The third-order valence-electron chi connectivity index (χ3n) is 4.67. The molecule has 3 rings (SSSR count). The maximum absolute atomic E-state index is 12.7. The van der Waals surface area contributed by atoms with Crippen LogP contribution in [0.4, 0.5) is 0 Å². The molecule has 1 saturated heterocycles. The first kappa shape index (κ1) is 12.7. The van der Waals surface area contributed by atoms with E-state index in [1.165, 1.54) is 24.8 Å². The van der Waals surface area contributed by atoms with E-state index < -0.39 is 0 Å². The van der Waals surface area contributed by atoms with Gasteiger partial charge in [-0.15, -0.1) is 0 Å². The number of hydrogen-bond donors (Lipinski definition) is 0. The molecule has 2 fully saturated rings. The topological polar surface area (TPSA) is 20.3 Å². The number of nitrogens with zero attached hydrogens (tertiary/aromatic N) is 1. The van der Waals surface area contributed by atoms with Gasteiger partial charge in [-0.3, -0.25) is 4.79 Å². The van der Waals surface area contributed by atoms with Gasteiger partial charge in [0.25, 0.3) is 0 Å². The van der Waals surface area contributed by atoms with Crippen molar-refractivity contribution in [2.75, 3.05) is 6.54 Å². The smallest absolute Gasteiger partial charge is 0.226 e. The van der Waals surface area contributed by atoms with Crippen molar-refractivity contribution in [2.45, 2.75) is 51.0 Å². The molecular weight excluding hydrogens is 234 g/mol. The molecular formula is C17H23NO. The van der Waals surface area contributed by atoms with Crippen molar-refractivity contribution in [3.8, 4) is 0 Å². The van der Waals surface area contributed by atoms with Gasteiger partial charge in [0.2, 0.25) is 5.91 Å². The summed E-state index contributed by atoms with van der Waals surface area (Å²) in [7, 11) is 0. The summed E-state index contributed by atoms with van der Waals surface area (Å²) < 4.78 is 0. The van der Waals surface area contributed by atoms with Gasteiger partial charge in [0.1, 0.15) is 0 Å². The van der Waals surface area contributed by atoms with Gasteiger partial charge in [0, 0.05) is 12.5 Å². The van der Waals surface area contributed by atoms with Crippen LogP contribution in [0.3, 0.4) is 0 Å². The van der Waals surface area contributed by atoms with Crippen molar-refractivity contribution >= 4 is 5.91 Å². The van der Waals surface area contributed by atoms with Crippen LogP contribution in [0.1, 0.15) is 56.6 Å². The van der Waals surface area contributed by atoms with Crippen molar-refractivity contribution in [3.63, 3.8) is 0 Å². The van der Waals surface area contributed by atoms with E-state index in [1.807, 2.05) is 6.07 Å². The Balaban J connectivity index is 1.74. The minimum absolute atomic E-state index is 0.304. The zero-order valence-corrected chi connectivity index (χ0v) is 11.6. The van der Waals surface area contributed by atoms with Crippen LogP contribution in [-0.4, -0.2) is 17.4 Å². The normalized spacial score (nSPS) is 24.6. The lowest BCUT2D eigenvalue weighted by Gasteiger charge is -2.30. The van der Waals surface area contributed by atoms with Crippen LogP contribution in [0.15, 0.2) is 30.3 Å². The molecule has 1 heterocycles. The van der Waals surface area contributed by atoms with Crippen LogP contribution in [0.5, 0.6) is 0 Å². The van der Waals surface area contributed by atoms with Crippen LogP contribution >= 0.6 is 0 Å². The Bertz CT molecular complexity index is 422. The number of rotatable bonds is 2. The van der Waals surface area contributed by atoms with Crippen molar-refractivity contribution in [1.82, 2.24) is 4.90 Å². The van der Waals surface area contributed by atoms with Gasteiger partial charge in [-0.2, -0.15) is 0 Å². The third-order valence-corrected chi connectivity index (χ3v) is 4.67. The van der Waals surface area contributed by atoms with Gasteiger partial charge in [-0.1, -0.05) is 49.6 Å². The minimum atomic E-state index is 0.304. The Kier molecular flexibility index (Phi) is 3.86. The quantitative estimate of drug-likeness (QED) is 0.786. The molecule has 1 atom stereocenters. The fourth-order valence-corrected chi connectivity index (χ4v) is 3.64. The maximum atomic E-state index is 12.7. The molecule has 1 aliphatic heterocycles. The molecule has 2 nitrogen and oxygen atoms in total. The first-order valence-corrected chi connectivity index (χ1v) is 7.71. The SMILES string of the molecule is O=C(C1CCCCC1)N1CCCC1c1ccccc1. The maximum Gasteiger partial charge on any atom is 0.226 e. The summed E-state index contributed by atoms with van der Waals surface area (Å²) in [4.78, 5) is 14.9. The standard InChI is InChI=1S/C17H23NO/c19-17(15-10-5-2-6-11-15)18-13-7-12-16(18)14-8-3-1-4-9-14/h1,3-4,8-9,15-16H,2,5-7,10-13H2. The summed E-state index contributed by atoms with van der Waals surface area (Å²) in [5.41, 5.74) is 1.31. The molecule has 0 spiro atoms. The van der Waals surface area contributed by atoms with Crippen molar-refractivity contribution in [2.24, 2.45) is 5.92 Å². The predicted molar refractivity (Wildman–Crippen MR) is 76.7 cm³/mol. The molecule has 2 heteroatoms.